The highest BCUT2D eigenvalue weighted by atomic mass is 15.0. The summed E-state index contributed by atoms with van der Waals surface area (Å²) in [6, 6.07) is 55.0. The molecule has 7 aromatic rings. The molecule has 0 fully saturated rings. The molecular weight excluding hydrogens is 617 g/mol. The van der Waals surface area contributed by atoms with Crippen LogP contribution in [0.2, 0.25) is 0 Å². The molecule has 0 saturated carbocycles. The van der Waals surface area contributed by atoms with E-state index < -0.39 is 5.41 Å². The molecule has 0 bridgehead atoms. The molecule has 10 rings (SSSR count). The van der Waals surface area contributed by atoms with E-state index in [2.05, 4.69) is 182 Å². The van der Waals surface area contributed by atoms with Gasteiger partial charge in [-0.1, -0.05) is 146 Å². The van der Waals surface area contributed by atoms with Gasteiger partial charge in [-0.2, -0.15) is 0 Å². The average Bonchev–Trinajstić information content (AvgIpc) is 3.78. The predicted molar refractivity (Wildman–Crippen MR) is 213 cm³/mol. The van der Waals surface area contributed by atoms with Gasteiger partial charge < -0.3 is 4.57 Å². The Morgan fingerprint density at radius 3 is 1.92 bits per heavy atom. The number of nitrogens with zero attached hydrogens (tertiary/aromatic N) is 2. The minimum atomic E-state index is -0.398. The number of hydrogen-bond acceptors (Lipinski definition) is 1. The van der Waals surface area contributed by atoms with Crippen LogP contribution < -0.4 is 0 Å². The van der Waals surface area contributed by atoms with Crippen molar-refractivity contribution in [1.82, 2.24) is 4.57 Å². The van der Waals surface area contributed by atoms with Gasteiger partial charge in [0.2, 0.25) is 0 Å². The van der Waals surface area contributed by atoms with Crippen LogP contribution in [0, 0.1) is 0 Å². The Morgan fingerprint density at radius 2 is 1.22 bits per heavy atom. The summed E-state index contributed by atoms with van der Waals surface area (Å²) in [4.78, 5) is 5.47. The molecule has 2 nitrogen and oxygen atoms in total. The van der Waals surface area contributed by atoms with Crippen LogP contribution in [0.3, 0.4) is 0 Å². The molecule has 0 saturated heterocycles. The summed E-state index contributed by atoms with van der Waals surface area (Å²) in [6.45, 7) is 6.91. The van der Waals surface area contributed by atoms with Crippen LogP contribution in [-0.4, -0.2) is 10.3 Å². The van der Waals surface area contributed by atoms with Crippen LogP contribution in [0.4, 0.5) is 0 Å². The van der Waals surface area contributed by atoms with E-state index in [0.29, 0.717) is 0 Å². The Labute approximate surface area is 299 Å². The maximum Gasteiger partial charge on any atom is 0.0787 e. The van der Waals surface area contributed by atoms with Gasteiger partial charge in [-0.15, -0.1) is 0 Å². The Kier molecular flexibility index (Phi) is 6.63. The Hall–Kier alpha value is -6.25. The SMILES string of the molecule is C=C(/N=C(\C1=C(C)C2(c3ccccc31)c1ccccc1-c1ccccc12)c1ccccc1)c1ccc(-n2c3c(c4ccccc42)CCC=C3)cc1. The second-order valence-electron chi connectivity index (χ2n) is 13.9. The van der Waals surface area contributed by atoms with Crippen molar-refractivity contribution in [3.63, 3.8) is 0 Å². The number of rotatable bonds is 5. The molecule has 0 atom stereocenters. The summed E-state index contributed by atoms with van der Waals surface area (Å²) >= 11 is 0. The van der Waals surface area contributed by atoms with Crippen molar-refractivity contribution in [2.45, 2.75) is 25.2 Å². The lowest BCUT2D eigenvalue weighted by molar-refractivity contribution is 0.767. The van der Waals surface area contributed by atoms with Crippen molar-refractivity contribution in [3.05, 3.63) is 215 Å². The molecule has 0 amide bonds. The molecule has 51 heavy (non-hydrogen) atoms. The minimum absolute atomic E-state index is 0.398. The number of para-hydroxylation sites is 1. The van der Waals surface area contributed by atoms with Gasteiger partial charge in [0, 0.05) is 27.9 Å². The second kappa shape index (κ2) is 11.4. The molecule has 3 aliphatic rings. The van der Waals surface area contributed by atoms with E-state index in [1.165, 1.54) is 66.7 Å². The van der Waals surface area contributed by atoms with E-state index in [-0.39, 0.29) is 0 Å². The van der Waals surface area contributed by atoms with Crippen LogP contribution in [0.25, 0.3) is 45.1 Å². The van der Waals surface area contributed by atoms with Crippen molar-refractivity contribution in [2.75, 3.05) is 0 Å². The molecule has 0 unspecified atom stereocenters. The summed E-state index contributed by atoms with van der Waals surface area (Å²) in [5, 5.41) is 1.34. The van der Waals surface area contributed by atoms with Crippen LogP contribution >= 0.6 is 0 Å². The highest BCUT2D eigenvalue weighted by molar-refractivity contribution is 6.35. The van der Waals surface area contributed by atoms with Crippen LogP contribution in [0.1, 0.15) is 58.0 Å². The van der Waals surface area contributed by atoms with E-state index in [0.717, 1.165) is 41.1 Å². The van der Waals surface area contributed by atoms with E-state index >= 15 is 0 Å². The number of aliphatic imine (C=N–C) groups is 1. The summed E-state index contributed by atoms with van der Waals surface area (Å²) < 4.78 is 2.39. The monoisotopic (exact) mass is 652 g/mol. The third kappa shape index (κ3) is 4.20. The summed E-state index contributed by atoms with van der Waals surface area (Å²) in [5.41, 5.74) is 18.8. The Balaban J connectivity index is 1.14. The third-order valence-corrected chi connectivity index (χ3v) is 11.3. The zero-order valence-electron chi connectivity index (χ0n) is 28.6. The number of aromatic nitrogens is 1. The third-order valence-electron chi connectivity index (χ3n) is 11.3. The van der Waals surface area contributed by atoms with E-state index in [9.17, 15) is 0 Å². The number of hydrogen-bond donors (Lipinski definition) is 0. The first-order chi connectivity index (χ1) is 25.2. The zero-order chi connectivity index (χ0) is 34.1. The first kappa shape index (κ1) is 29.6. The Morgan fingerprint density at radius 1 is 0.627 bits per heavy atom. The minimum Gasteiger partial charge on any atom is -0.310 e. The van der Waals surface area contributed by atoms with Gasteiger partial charge in [-0.3, -0.25) is 0 Å². The fraction of sp³-hybridized carbons (Fsp3) is 0.0816. The van der Waals surface area contributed by atoms with Crippen LogP contribution in [-0.2, 0) is 11.8 Å². The van der Waals surface area contributed by atoms with E-state index in [1.807, 2.05) is 0 Å². The topological polar surface area (TPSA) is 17.3 Å². The molecule has 6 aromatic carbocycles. The molecule has 0 radical (unpaired) electrons. The smallest absolute Gasteiger partial charge is 0.0787 e. The standard InChI is InChI=1S/C49H36N2/c1-32-47(41-22-8-13-25-44(41)49(32)42-23-11-6-18-37(42)38-19-7-12-24-43(38)49)48(35-16-4-3-5-17-35)50-33(2)34-28-30-36(31-29-34)51-45-26-14-9-20-39(45)40-21-10-15-27-46(40)51/h3-9,11-20,22-31H,2,10,21H2,1H3/b50-48-. The number of benzene rings is 6. The summed E-state index contributed by atoms with van der Waals surface area (Å²) in [5.74, 6) is 0. The lowest BCUT2D eigenvalue weighted by atomic mass is 9.70. The van der Waals surface area contributed by atoms with Gasteiger partial charge in [0.1, 0.15) is 0 Å². The highest BCUT2D eigenvalue weighted by Crippen LogP contribution is 2.62. The van der Waals surface area contributed by atoms with Gasteiger partial charge in [0.15, 0.2) is 0 Å². The maximum atomic E-state index is 5.47. The van der Waals surface area contributed by atoms with E-state index in [4.69, 9.17) is 4.99 Å². The van der Waals surface area contributed by atoms with Gasteiger partial charge in [0.05, 0.1) is 22.3 Å². The summed E-state index contributed by atoms with van der Waals surface area (Å²) in [6.07, 6.45) is 6.73. The average molecular weight is 653 g/mol. The molecule has 3 aliphatic carbocycles. The van der Waals surface area contributed by atoms with Crippen molar-refractivity contribution in [2.24, 2.45) is 4.99 Å². The number of fused-ring (bicyclic) bond motifs is 10. The molecule has 1 spiro atoms. The van der Waals surface area contributed by atoms with Gasteiger partial charge >= 0.3 is 0 Å². The van der Waals surface area contributed by atoms with Crippen molar-refractivity contribution in [1.29, 1.82) is 0 Å². The first-order valence-corrected chi connectivity index (χ1v) is 17.9. The lowest BCUT2D eigenvalue weighted by Crippen LogP contribution is -2.26. The van der Waals surface area contributed by atoms with Crippen LogP contribution in [0.15, 0.2) is 175 Å². The Bertz CT molecular complexity index is 2600. The molecule has 242 valence electrons. The summed E-state index contributed by atoms with van der Waals surface area (Å²) in [7, 11) is 0. The normalized spacial score (nSPS) is 15.2. The lowest BCUT2D eigenvalue weighted by Gasteiger charge is -2.31. The molecule has 0 N–H and O–H groups in total. The fourth-order valence-corrected chi connectivity index (χ4v) is 9.18. The predicted octanol–water partition coefficient (Wildman–Crippen LogP) is 11.9. The van der Waals surface area contributed by atoms with Crippen molar-refractivity contribution in [3.8, 4) is 16.8 Å². The largest absolute Gasteiger partial charge is 0.310 e. The van der Waals surface area contributed by atoms with Crippen molar-refractivity contribution < 1.29 is 0 Å². The highest BCUT2D eigenvalue weighted by Gasteiger charge is 2.51. The first-order valence-electron chi connectivity index (χ1n) is 17.9. The maximum absolute atomic E-state index is 5.47. The van der Waals surface area contributed by atoms with Gasteiger partial charge in [-0.25, -0.2) is 4.99 Å². The second-order valence-corrected chi connectivity index (χ2v) is 13.9. The van der Waals surface area contributed by atoms with E-state index in [1.54, 1.807) is 0 Å². The molecule has 2 heteroatoms. The molecular formula is C49H36N2. The van der Waals surface area contributed by atoms with Gasteiger partial charge in [-0.05, 0) is 94.1 Å². The number of aryl methyl sites for hydroxylation is 1. The van der Waals surface area contributed by atoms with Crippen LogP contribution in [0.5, 0.6) is 0 Å². The van der Waals surface area contributed by atoms with Gasteiger partial charge in [0.25, 0.3) is 0 Å². The fourth-order valence-electron chi connectivity index (χ4n) is 9.18. The molecule has 1 aromatic heterocycles. The van der Waals surface area contributed by atoms with Crippen molar-refractivity contribution >= 4 is 34.0 Å². The number of allylic oxidation sites excluding steroid dienone is 3. The molecule has 0 aliphatic heterocycles. The quantitative estimate of drug-likeness (QED) is 0.165. The zero-order valence-corrected chi connectivity index (χ0v) is 28.6. The molecule has 1 heterocycles.